The van der Waals surface area contributed by atoms with E-state index in [1.54, 1.807) is 0 Å². The summed E-state index contributed by atoms with van der Waals surface area (Å²) < 4.78 is 27.4. The summed E-state index contributed by atoms with van der Waals surface area (Å²) in [6.45, 7) is 11.4. The Balaban J connectivity index is 1.19. The first-order chi connectivity index (χ1) is 45.5. The van der Waals surface area contributed by atoms with E-state index in [0.717, 1.165) is 135 Å². The Morgan fingerprint density at radius 3 is 1.14 bits per heavy atom. The number of hydrogen-bond acceptors (Lipinski definition) is 10. The second kappa shape index (κ2) is 33.6. The number of nitrogens with zero attached hydrogens (tertiary/aromatic N) is 6. The molecular weight excluding hydrogens is 1140 g/mol. The van der Waals surface area contributed by atoms with Crippen molar-refractivity contribution >= 4 is 78.2 Å². The summed E-state index contributed by atoms with van der Waals surface area (Å²) in [6.07, 6.45) is 27.9. The highest BCUT2D eigenvalue weighted by molar-refractivity contribution is 6.12. The van der Waals surface area contributed by atoms with E-state index in [1.807, 2.05) is 12.1 Å². The van der Waals surface area contributed by atoms with Crippen molar-refractivity contribution in [1.29, 1.82) is 0 Å². The number of anilines is 4. The minimum Gasteiger partial charge on any atom is -0.490 e. The van der Waals surface area contributed by atoms with Gasteiger partial charge in [-0.25, -0.2) is 20.0 Å². The van der Waals surface area contributed by atoms with Crippen molar-refractivity contribution in [2.75, 3.05) is 36.4 Å². The van der Waals surface area contributed by atoms with Crippen molar-refractivity contribution in [1.82, 2.24) is 29.9 Å². The second-order valence-corrected chi connectivity index (χ2v) is 24.8. The third-order valence-corrected chi connectivity index (χ3v) is 17.7. The molecule has 0 saturated carbocycles. The van der Waals surface area contributed by atoms with Crippen molar-refractivity contribution in [3.63, 3.8) is 0 Å². The van der Waals surface area contributed by atoms with Gasteiger partial charge >= 0.3 is 0 Å². The predicted molar refractivity (Wildman–Crippen MR) is 382 cm³/mol. The standard InChI is InChI=1S/C80H96N8O4/c1-5-9-13-17-21-37-49-89-70-53-63-64(54-71(70)90-50-38-22-18-14-10-6-2)68-58-74-83-80(88(62-47-35-28-36-48-62)87(74)61-45-33-27-34-46-61)86-78-66-56-73(92-52-40-24-20-16-12-8-4)72(91-51-39-23-19-15-11-7-3)55-65(66)77(84-78)85-79-76(60-43-31-26-32-44-60)75(59-41-29-25-30-42-59)69(82-79)57-67(63)81-68/h25-36,41-48,53-58,81H,5-24,37-40,49-52H2,1-4H3,(H,82,83,84,85,86). The summed E-state index contributed by atoms with van der Waals surface area (Å²) in [4.78, 5) is 30.4. The molecule has 0 atom stereocenters. The quantitative estimate of drug-likeness (QED) is 0.0367. The Kier molecular flexibility index (Phi) is 23.7. The summed E-state index contributed by atoms with van der Waals surface area (Å²) in [6, 6.07) is 54.9. The minimum absolute atomic E-state index is 0.451. The van der Waals surface area contributed by atoms with Crippen molar-refractivity contribution in [2.45, 2.75) is 182 Å². The summed E-state index contributed by atoms with van der Waals surface area (Å²) in [7, 11) is 0. The maximum Gasteiger partial charge on any atom is 0.253 e. The molecule has 0 aliphatic carbocycles. The Labute approximate surface area is 545 Å². The lowest BCUT2D eigenvalue weighted by Crippen LogP contribution is -2.32. The molecule has 9 aromatic rings. The summed E-state index contributed by atoms with van der Waals surface area (Å²) in [5, 5.41) is 7.83. The van der Waals surface area contributed by atoms with Crippen LogP contribution >= 0.6 is 0 Å². The number of aromatic amines is 2. The monoisotopic (exact) mass is 1230 g/mol. The molecule has 2 aliphatic rings. The van der Waals surface area contributed by atoms with Crippen molar-refractivity contribution < 1.29 is 18.9 Å². The van der Waals surface area contributed by atoms with Crippen LogP contribution in [-0.4, -0.2) is 56.3 Å². The van der Waals surface area contributed by atoms with Crippen LogP contribution in [0.1, 0.15) is 204 Å². The molecule has 12 heteroatoms. The van der Waals surface area contributed by atoms with E-state index in [4.69, 9.17) is 38.9 Å². The second-order valence-electron chi connectivity index (χ2n) is 24.8. The van der Waals surface area contributed by atoms with Gasteiger partial charge in [-0.1, -0.05) is 253 Å². The molecule has 5 heterocycles. The molecule has 0 fully saturated rings. The van der Waals surface area contributed by atoms with Crippen LogP contribution in [0.15, 0.2) is 158 Å². The number of H-pyrrole nitrogens is 2. The van der Waals surface area contributed by atoms with Crippen LogP contribution in [0.4, 0.5) is 23.1 Å². The molecule has 0 spiro atoms. The molecule has 0 radical (unpaired) electrons. The molecule has 11 rings (SSSR count). The fraction of sp³-hybridized carbons (Fsp3) is 0.400. The van der Waals surface area contributed by atoms with Crippen LogP contribution in [0.5, 0.6) is 23.0 Å². The zero-order valence-corrected chi connectivity index (χ0v) is 55.1. The lowest BCUT2D eigenvalue weighted by atomic mass is 9.94. The SMILES string of the molecule is CCCCCCCCOc1cc2c3cc4nc(nc5[nH]c(nc6nc(cc([nH]3)c2cc1OCCCCCCCC)N(c1ccccc1)N6c1ccccc1)c1cc(OCCCCCCCC)c(OCCCCCCCC)cc51)C(c1ccccc1)=C4c1ccccc1. The highest BCUT2D eigenvalue weighted by Gasteiger charge is 2.31. The first-order valence-electron chi connectivity index (χ1n) is 35.0. The number of benzene rings is 6. The first kappa shape index (κ1) is 64.9. The van der Waals surface area contributed by atoms with E-state index in [-0.39, 0.29) is 0 Å². The van der Waals surface area contributed by atoms with Crippen molar-refractivity contribution in [3.8, 4) is 23.0 Å². The van der Waals surface area contributed by atoms with Gasteiger partial charge < -0.3 is 28.9 Å². The third-order valence-electron chi connectivity index (χ3n) is 17.7. The first-order valence-corrected chi connectivity index (χ1v) is 35.0. The van der Waals surface area contributed by atoms with E-state index < -0.39 is 0 Å². The molecule has 2 N–H and O–H groups in total. The average Bonchev–Trinajstić information content (AvgIpc) is 1.61. The number of aromatic nitrogens is 6. The van der Waals surface area contributed by atoms with E-state index in [0.29, 0.717) is 66.8 Å². The molecule has 6 aromatic carbocycles. The topological polar surface area (TPSA) is 127 Å². The molecule has 0 unspecified atom stereocenters. The van der Waals surface area contributed by atoms with Gasteiger partial charge in [0.25, 0.3) is 5.95 Å². The lowest BCUT2D eigenvalue weighted by molar-refractivity contribution is 0.259. The number of nitrogens with one attached hydrogen (secondary N) is 2. The average molecular weight is 1230 g/mol. The lowest BCUT2D eigenvalue weighted by Gasteiger charge is -2.30. The molecule has 8 bridgehead atoms. The van der Waals surface area contributed by atoms with E-state index >= 15 is 0 Å². The van der Waals surface area contributed by atoms with Gasteiger partial charge in [0.05, 0.1) is 49.0 Å². The molecule has 2 aliphatic heterocycles. The number of unbranched alkanes of at least 4 members (excludes halogenated alkanes) is 20. The normalized spacial score (nSPS) is 12.4. The Morgan fingerprint density at radius 2 is 0.696 bits per heavy atom. The molecule has 0 saturated heterocycles. The summed E-state index contributed by atoms with van der Waals surface area (Å²) in [5.41, 5.74) is 9.31. The fourth-order valence-electron chi connectivity index (χ4n) is 12.7. The van der Waals surface area contributed by atoms with Gasteiger partial charge in [0, 0.05) is 44.3 Å². The fourth-order valence-corrected chi connectivity index (χ4v) is 12.7. The van der Waals surface area contributed by atoms with Gasteiger partial charge in [-0.15, -0.1) is 0 Å². The third kappa shape index (κ3) is 16.3. The maximum absolute atomic E-state index is 6.87. The number of ether oxygens (including phenoxy) is 4. The van der Waals surface area contributed by atoms with E-state index in [9.17, 15) is 0 Å². The van der Waals surface area contributed by atoms with Crippen LogP contribution in [0.2, 0.25) is 0 Å². The van der Waals surface area contributed by atoms with E-state index in [2.05, 4.69) is 193 Å². The van der Waals surface area contributed by atoms with Gasteiger partial charge in [-0.2, -0.15) is 9.97 Å². The van der Waals surface area contributed by atoms with Gasteiger partial charge in [-0.3, -0.25) is 0 Å². The number of hydrazine groups is 1. The van der Waals surface area contributed by atoms with Crippen molar-refractivity contribution in [2.24, 2.45) is 0 Å². The van der Waals surface area contributed by atoms with Gasteiger partial charge in [0.1, 0.15) is 11.3 Å². The molecule has 480 valence electrons. The van der Waals surface area contributed by atoms with Crippen LogP contribution in [-0.2, 0) is 0 Å². The highest BCUT2D eigenvalue weighted by atomic mass is 16.5. The van der Waals surface area contributed by atoms with Gasteiger partial charge in [0.2, 0.25) is 0 Å². The number of para-hydroxylation sites is 2. The van der Waals surface area contributed by atoms with Crippen LogP contribution in [0, 0.1) is 0 Å². The molecule has 92 heavy (non-hydrogen) atoms. The smallest absolute Gasteiger partial charge is 0.253 e. The Hall–Kier alpha value is -8.64. The zero-order valence-electron chi connectivity index (χ0n) is 55.1. The minimum atomic E-state index is 0.451. The molecule has 0 amide bonds. The Bertz CT molecular complexity index is 3730. The molecule has 3 aromatic heterocycles. The number of rotatable bonds is 36. The Morgan fingerprint density at radius 1 is 0.326 bits per heavy atom. The number of fused-ring (bicyclic) bond motifs is 14. The van der Waals surface area contributed by atoms with Gasteiger partial charge in [-0.05, 0) is 91.4 Å². The van der Waals surface area contributed by atoms with Crippen molar-refractivity contribution in [3.05, 3.63) is 180 Å². The summed E-state index contributed by atoms with van der Waals surface area (Å²) >= 11 is 0. The molecular formula is C80H96N8O4. The largest absolute Gasteiger partial charge is 0.490 e. The van der Waals surface area contributed by atoms with E-state index in [1.165, 1.54) is 103 Å². The molecule has 12 nitrogen and oxygen atoms in total. The van der Waals surface area contributed by atoms with Gasteiger partial charge in [0.15, 0.2) is 34.6 Å². The van der Waals surface area contributed by atoms with Crippen LogP contribution in [0.3, 0.4) is 0 Å². The number of hydrogen-bond donors (Lipinski definition) is 2. The summed E-state index contributed by atoms with van der Waals surface area (Å²) in [5.74, 6) is 4.50. The zero-order chi connectivity index (χ0) is 63.1. The highest BCUT2D eigenvalue weighted by Crippen LogP contribution is 2.45. The van der Waals surface area contributed by atoms with Crippen LogP contribution in [0.25, 0.3) is 55.0 Å². The van der Waals surface area contributed by atoms with Crippen LogP contribution < -0.4 is 29.0 Å². The maximum atomic E-state index is 6.87. The predicted octanol–water partition coefficient (Wildman–Crippen LogP) is 22.3.